The summed E-state index contributed by atoms with van der Waals surface area (Å²) in [6.07, 6.45) is 1.44. The molecule has 0 atom stereocenters. The summed E-state index contributed by atoms with van der Waals surface area (Å²) in [6, 6.07) is 13.7. The molecule has 0 saturated carbocycles. The van der Waals surface area contributed by atoms with Crippen molar-refractivity contribution in [2.75, 3.05) is 17.3 Å². The lowest BCUT2D eigenvalue weighted by molar-refractivity contribution is -0.136. The number of hydrogen-bond donors (Lipinski definition) is 2. The monoisotopic (exact) mass is 561 g/mol. The average Bonchev–Trinajstić information content (AvgIpc) is 3.47. The first-order chi connectivity index (χ1) is 19.0. The van der Waals surface area contributed by atoms with E-state index in [1.165, 1.54) is 18.1 Å². The SMILES string of the molecule is COC(=O)C1=C(C)N(c2ccc(C)c(Cl)c2)C(=O)/C1=C/c1ccc(CNC(=O)C(=O)Nc2ccc(C)c(C)c2)o1. The number of nitrogens with one attached hydrogen (secondary N) is 2. The molecule has 4 rings (SSSR count). The Kier molecular flexibility index (Phi) is 8.25. The van der Waals surface area contributed by atoms with Gasteiger partial charge in [-0.2, -0.15) is 0 Å². The largest absolute Gasteiger partial charge is 0.465 e. The van der Waals surface area contributed by atoms with Gasteiger partial charge in [-0.1, -0.05) is 23.7 Å². The Labute approximate surface area is 236 Å². The summed E-state index contributed by atoms with van der Waals surface area (Å²) in [5.74, 6) is -2.16. The Morgan fingerprint density at radius 1 is 0.950 bits per heavy atom. The topological polar surface area (TPSA) is 118 Å². The first kappa shape index (κ1) is 28.4. The molecule has 40 heavy (non-hydrogen) atoms. The van der Waals surface area contributed by atoms with Gasteiger partial charge >= 0.3 is 17.8 Å². The zero-order chi connectivity index (χ0) is 29.1. The Balaban J connectivity index is 1.49. The maximum absolute atomic E-state index is 13.5. The van der Waals surface area contributed by atoms with Gasteiger partial charge in [-0.15, -0.1) is 0 Å². The molecular formula is C30H28ClN3O6. The number of hydrogen-bond acceptors (Lipinski definition) is 6. The van der Waals surface area contributed by atoms with Crippen molar-refractivity contribution in [3.63, 3.8) is 0 Å². The van der Waals surface area contributed by atoms with Gasteiger partial charge in [-0.25, -0.2) is 4.79 Å². The summed E-state index contributed by atoms with van der Waals surface area (Å²) in [5, 5.41) is 5.55. The van der Waals surface area contributed by atoms with E-state index in [-0.39, 0.29) is 23.5 Å². The van der Waals surface area contributed by atoms with Crippen LogP contribution in [0.2, 0.25) is 5.02 Å². The van der Waals surface area contributed by atoms with Crippen molar-refractivity contribution in [3.05, 3.63) is 98.6 Å². The second-order valence-corrected chi connectivity index (χ2v) is 9.73. The Hall–Kier alpha value is -4.63. The van der Waals surface area contributed by atoms with Gasteiger partial charge in [0, 0.05) is 16.4 Å². The molecule has 0 aliphatic carbocycles. The van der Waals surface area contributed by atoms with Gasteiger partial charge < -0.3 is 19.8 Å². The first-order valence-corrected chi connectivity index (χ1v) is 12.7. The van der Waals surface area contributed by atoms with Crippen LogP contribution in [0.5, 0.6) is 0 Å². The molecule has 9 nitrogen and oxygen atoms in total. The highest BCUT2D eigenvalue weighted by atomic mass is 35.5. The van der Waals surface area contributed by atoms with Gasteiger partial charge in [0.2, 0.25) is 0 Å². The second kappa shape index (κ2) is 11.6. The molecular weight excluding hydrogens is 534 g/mol. The number of rotatable bonds is 6. The van der Waals surface area contributed by atoms with Crippen molar-refractivity contribution in [3.8, 4) is 0 Å². The zero-order valence-corrected chi connectivity index (χ0v) is 23.4. The van der Waals surface area contributed by atoms with Gasteiger partial charge in [0.05, 0.1) is 30.5 Å². The molecule has 2 N–H and O–H groups in total. The fraction of sp³-hybridized carbons (Fsp3) is 0.200. The number of methoxy groups -OCH3 is 1. The van der Waals surface area contributed by atoms with Crippen molar-refractivity contribution in [1.82, 2.24) is 5.32 Å². The highest BCUT2D eigenvalue weighted by Crippen LogP contribution is 2.37. The third kappa shape index (κ3) is 5.84. The van der Waals surface area contributed by atoms with E-state index in [9.17, 15) is 19.2 Å². The van der Waals surface area contributed by atoms with Crippen LogP contribution in [0, 0.1) is 20.8 Å². The quantitative estimate of drug-likeness (QED) is 0.249. The van der Waals surface area contributed by atoms with Crippen molar-refractivity contribution >= 4 is 52.7 Å². The molecule has 1 aromatic heterocycles. The van der Waals surface area contributed by atoms with E-state index in [1.54, 1.807) is 49.4 Å². The molecule has 10 heteroatoms. The number of anilines is 2. The van der Waals surface area contributed by atoms with Crippen molar-refractivity contribution in [1.29, 1.82) is 0 Å². The summed E-state index contributed by atoms with van der Waals surface area (Å²) in [6.45, 7) is 7.29. The molecule has 2 aromatic carbocycles. The number of ether oxygens (including phenoxy) is 1. The van der Waals surface area contributed by atoms with Crippen molar-refractivity contribution < 1.29 is 28.3 Å². The molecule has 1 aliphatic rings. The molecule has 0 fully saturated rings. The maximum atomic E-state index is 13.5. The van der Waals surface area contributed by atoms with Gasteiger partial charge in [-0.3, -0.25) is 19.3 Å². The highest BCUT2D eigenvalue weighted by molar-refractivity contribution is 6.39. The van der Waals surface area contributed by atoms with Crippen LogP contribution in [0.25, 0.3) is 6.08 Å². The Morgan fingerprint density at radius 3 is 2.35 bits per heavy atom. The first-order valence-electron chi connectivity index (χ1n) is 12.4. The highest BCUT2D eigenvalue weighted by Gasteiger charge is 2.38. The number of benzene rings is 2. The summed E-state index contributed by atoms with van der Waals surface area (Å²) in [4.78, 5) is 52.1. The molecule has 206 valence electrons. The number of nitrogens with zero attached hydrogens (tertiary/aromatic N) is 1. The molecule has 0 radical (unpaired) electrons. The Bertz CT molecular complexity index is 1600. The Morgan fingerprint density at radius 2 is 1.68 bits per heavy atom. The van der Waals surface area contributed by atoms with E-state index in [2.05, 4.69) is 10.6 Å². The number of furan rings is 1. The lowest BCUT2D eigenvalue weighted by Gasteiger charge is -2.18. The molecule has 0 bridgehead atoms. The third-order valence-corrected chi connectivity index (χ3v) is 6.97. The van der Waals surface area contributed by atoms with Gasteiger partial charge in [0.1, 0.15) is 11.5 Å². The van der Waals surface area contributed by atoms with Crippen LogP contribution in [0.4, 0.5) is 11.4 Å². The minimum absolute atomic E-state index is 0.0665. The predicted molar refractivity (Wildman–Crippen MR) is 151 cm³/mol. The number of allylic oxidation sites excluding steroid dienone is 1. The fourth-order valence-corrected chi connectivity index (χ4v) is 4.35. The van der Waals surface area contributed by atoms with Gasteiger partial charge in [-0.05, 0) is 86.9 Å². The van der Waals surface area contributed by atoms with E-state index in [4.69, 9.17) is 20.8 Å². The van der Waals surface area contributed by atoms with E-state index < -0.39 is 23.7 Å². The lowest BCUT2D eigenvalue weighted by Crippen LogP contribution is -2.34. The summed E-state index contributed by atoms with van der Waals surface area (Å²) in [5.41, 5.74) is 4.49. The van der Waals surface area contributed by atoms with E-state index in [0.29, 0.717) is 27.9 Å². The van der Waals surface area contributed by atoms with Crippen molar-refractivity contribution in [2.24, 2.45) is 0 Å². The van der Waals surface area contributed by atoms with Crippen LogP contribution in [-0.2, 0) is 30.5 Å². The molecule has 2 heterocycles. The number of esters is 1. The zero-order valence-electron chi connectivity index (χ0n) is 22.7. The molecule has 1 aliphatic heterocycles. The average molecular weight is 562 g/mol. The minimum Gasteiger partial charge on any atom is -0.465 e. The number of halogens is 1. The molecule has 0 unspecified atom stereocenters. The second-order valence-electron chi connectivity index (χ2n) is 9.32. The van der Waals surface area contributed by atoms with Gasteiger partial charge in [0.25, 0.3) is 5.91 Å². The van der Waals surface area contributed by atoms with Crippen LogP contribution in [0.1, 0.15) is 35.1 Å². The van der Waals surface area contributed by atoms with E-state index >= 15 is 0 Å². The lowest BCUT2D eigenvalue weighted by atomic mass is 10.1. The number of amides is 3. The molecule has 3 aromatic rings. The van der Waals surface area contributed by atoms with E-state index in [1.807, 2.05) is 26.8 Å². The maximum Gasteiger partial charge on any atom is 0.340 e. The molecule has 0 spiro atoms. The van der Waals surface area contributed by atoms with Crippen LogP contribution in [0.15, 0.2) is 69.8 Å². The fourth-order valence-electron chi connectivity index (χ4n) is 4.18. The summed E-state index contributed by atoms with van der Waals surface area (Å²) < 4.78 is 10.7. The number of carbonyl (C=O) groups excluding carboxylic acids is 4. The normalized spacial score (nSPS) is 14.1. The molecule has 3 amide bonds. The van der Waals surface area contributed by atoms with Crippen LogP contribution >= 0.6 is 11.6 Å². The molecule has 0 saturated heterocycles. The summed E-state index contributed by atoms with van der Waals surface area (Å²) in [7, 11) is 1.24. The van der Waals surface area contributed by atoms with Crippen LogP contribution < -0.4 is 15.5 Å². The summed E-state index contributed by atoms with van der Waals surface area (Å²) >= 11 is 6.28. The third-order valence-electron chi connectivity index (χ3n) is 6.57. The standard InChI is InChI=1S/C30H28ClN3O6/c1-16-6-8-20(12-18(16)3)33-28(36)27(35)32-15-23-11-10-22(40-23)14-24-26(30(38)39-5)19(4)34(29(24)37)21-9-7-17(2)25(31)13-21/h6-14H,15H2,1-5H3,(H,32,35)(H,33,36)/b24-14+. The predicted octanol–water partition coefficient (Wildman–Crippen LogP) is 4.99. The number of carbonyl (C=O) groups is 4. The smallest absolute Gasteiger partial charge is 0.340 e. The van der Waals surface area contributed by atoms with E-state index in [0.717, 1.165) is 16.7 Å². The van der Waals surface area contributed by atoms with Crippen LogP contribution in [0.3, 0.4) is 0 Å². The van der Waals surface area contributed by atoms with Crippen molar-refractivity contribution in [2.45, 2.75) is 34.2 Å². The number of aryl methyl sites for hydroxylation is 3. The van der Waals surface area contributed by atoms with Crippen LogP contribution in [-0.4, -0.2) is 30.8 Å². The minimum atomic E-state index is -0.834. The van der Waals surface area contributed by atoms with Gasteiger partial charge in [0.15, 0.2) is 0 Å².